The first-order valence-electron chi connectivity index (χ1n) is 8.52. The maximum absolute atomic E-state index is 12.9. The minimum Gasteiger partial charge on any atom is -0.327 e. The fourth-order valence-corrected chi connectivity index (χ4v) is 3.39. The predicted octanol–water partition coefficient (Wildman–Crippen LogP) is 4.00. The van der Waals surface area contributed by atoms with Crippen LogP contribution in [0, 0.1) is 0 Å². The average molecular weight is 426 g/mol. The van der Waals surface area contributed by atoms with Crippen LogP contribution in [0.15, 0.2) is 61.4 Å². The van der Waals surface area contributed by atoms with Crippen molar-refractivity contribution in [1.29, 1.82) is 0 Å². The number of Topliss-reactive ketones (excluding diaryl/α,β-unsaturated/α-hetero) is 1. The van der Waals surface area contributed by atoms with Crippen LogP contribution in [-0.4, -0.2) is 31.2 Å². The molecule has 0 unspecified atom stereocenters. The lowest BCUT2D eigenvalue weighted by Crippen LogP contribution is -2.23. The van der Waals surface area contributed by atoms with Crippen molar-refractivity contribution < 1.29 is 9.59 Å². The van der Waals surface area contributed by atoms with E-state index >= 15 is 0 Å². The number of rotatable bonds is 5. The molecule has 0 aromatic carbocycles. The Labute approximate surface area is 175 Å². The first-order valence-corrected chi connectivity index (χ1v) is 9.27. The predicted molar refractivity (Wildman–Crippen MR) is 110 cm³/mol. The summed E-state index contributed by atoms with van der Waals surface area (Å²) in [7, 11) is 0. The third-order valence-corrected chi connectivity index (χ3v) is 4.85. The summed E-state index contributed by atoms with van der Waals surface area (Å²) < 4.78 is 1.82. The van der Waals surface area contributed by atoms with Crippen molar-refractivity contribution in [3.63, 3.8) is 0 Å². The summed E-state index contributed by atoms with van der Waals surface area (Å²) >= 11 is 12.0. The van der Waals surface area contributed by atoms with Crippen molar-refractivity contribution in [2.75, 3.05) is 5.32 Å². The largest absolute Gasteiger partial charge is 0.327 e. The number of ketones is 1. The van der Waals surface area contributed by atoms with Gasteiger partial charge < -0.3 is 9.88 Å². The summed E-state index contributed by atoms with van der Waals surface area (Å²) in [5.74, 6) is -1.58. The molecule has 4 aromatic heterocycles. The van der Waals surface area contributed by atoms with Gasteiger partial charge in [0.2, 0.25) is 0 Å². The van der Waals surface area contributed by atoms with E-state index in [0.717, 1.165) is 5.56 Å². The second-order valence-corrected chi connectivity index (χ2v) is 6.98. The minimum atomic E-state index is -0.855. The highest BCUT2D eigenvalue weighted by atomic mass is 35.5. The van der Waals surface area contributed by atoms with Gasteiger partial charge in [-0.05, 0) is 29.8 Å². The standard InChI is InChI=1S/C20H13Cl2N5O2/c21-15-8-24-9-16(22)17(15)26-20(29)18(28)14-11-27(10-12-3-6-23-7-4-12)19-13(14)2-1-5-25-19/h1-9,11H,10H2,(H,24,26,29). The van der Waals surface area contributed by atoms with Crippen LogP contribution < -0.4 is 5.32 Å². The quantitative estimate of drug-likeness (QED) is 0.385. The number of aromatic nitrogens is 4. The molecule has 144 valence electrons. The molecule has 0 aliphatic rings. The number of halogens is 2. The Kier molecular flexibility index (Phi) is 5.24. The van der Waals surface area contributed by atoms with Crippen molar-refractivity contribution in [1.82, 2.24) is 19.5 Å². The molecule has 7 nitrogen and oxygen atoms in total. The lowest BCUT2D eigenvalue weighted by Gasteiger charge is -2.07. The molecule has 1 amide bonds. The van der Waals surface area contributed by atoms with E-state index in [1.807, 2.05) is 16.7 Å². The van der Waals surface area contributed by atoms with E-state index in [1.54, 1.807) is 36.9 Å². The Hall–Kier alpha value is -3.29. The molecule has 0 fully saturated rings. The molecular weight excluding hydrogens is 413 g/mol. The van der Waals surface area contributed by atoms with Crippen molar-refractivity contribution in [2.45, 2.75) is 6.54 Å². The zero-order valence-corrected chi connectivity index (χ0v) is 16.4. The van der Waals surface area contributed by atoms with Crippen molar-refractivity contribution in [3.05, 3.63) is 82.6 Å². The van der Waals surface area contributed by atoms with E-state index < -0.39 is 11.7 Å². The normalized spacial score (nSPS) is 10.8. The average Bonchev–Trinajstić information content (AvgIpc) is 3.09. The lowest BCUT2D eigenvalue weighted by molar-refractivity contribution is -0.112. The van der Waals surface area contributed by atoms with Crippen LogP contribution in [0.2, 0.25) is 10.0 Å². The van der Waals surface area contributed by atoms with E-state index in [0.29, 0.717) is 17.6 Å². The molecule has 9 heteroatoms. The lowest BCUT2D eigenvalue weighted by atomic mass is 10.1. The molecule has 0 aliphatic heterocycles. The second-order valence-electron chi connectivity index (χ2n) is 6.16. The molecule has 0 spiro atoms. The smallest absolute Gasteiger partial charge is 0.296 e. The molecule has 1 N–H and O–H groups in total. The van der Waals surface area contributed by atoms with Gasteiger partial charge in [-0.3, -0.25) is 19.6 Å². The van der Waals surface area contributed by atoms with E-state index in [4.69, 9.17) is 23.2 Å². The molecule has 0 saturated carbocycles. The first-order chi connectivity index (χ1) is 14.0. The Balaban J connectivity index is 1.68. The third-order valence-electron chi connectivity index (χ3n) is 4.28. The van der Waals surface area contributed by atoms with Gasteiger partial charge in [-0.1, -0.05) is 23.2 Å². The summed E-state index contributed by atoms with van der Waals surface area (Å²) in [5.41, 5.74) is 1.96. The monoisotopic (exact) mass is 425 g/mol. The van der Waals surface area contributed by atoms with Crippen LogP contribution in [0.1, 0.15) is 15.9 Å². The Bertz CT molecular complexity index is 1200. The Morgan fingerprint density at radius 2 is 1.72 bits per heavy atom. The molecule has 0 aliphatic carbocycles. The van der Waals surface area contributed by atoms with Gasteiger partial charge in [0, 0.05) is 49.1 Å². The Morgan fingerprint density at radius 1 is 1.00 bits per heavy atom. The second kappa shape index (κ2) is 7.98. The molecule has 0 saturated heterocycles. The number of carbonyl (C=O) groups excluding carboxylic acids is 2. The molecular formula is C20H13Cl2N5O2. The zero-order valence-electron chi connectivity index (χ0n) is 14.8. The number of carbonyl (C=O) groups is 2. The van der Waals surface area contributed by atoms with Crippen LogP contribution in [-0.2, 0) is 11.3 Å². The first kappa shape index (κ1) is 19.0. The molecule has 4 rings (SSSR count). The van der Waals surface area contributed by atoms with Crippen molar-refractivity contribution in [2.24, 2.45) is 0 Å². The van der Waals surface area contributed by atoms with Crippen LogP contribution in [0.4, 0.5) is 5.69 Å². The van der Waals surface area contributed by atoms with E-state index in [2.05, 4.69) is 20.3 Å². The fourth-order valence-electron chi connectivity index (χ4n) is 2.93. The van der Waals surface area contributed by atoms with E-state index in [1.165, 1.54) is 12.4 Å². The minimum absolute atomic E-state index is 0.139. The maximum atomic E-state index is 12.9. The number of nitrogens with one attached hydrogen (secondary N) is 1. The molecule has 4 heterocycles. The van der Waals surface area contributed by atoms with Gasteiger partial charge in [-0.15, -0.1) is 0 Å². The Morgan fingerprint density at radius 3 is 2.45 bits per heavy atom. The number of hydrogen-bond acceptors (Lipinski definition) is 5. The summed E-state index contributed by atoms with van der Waals surface area (Å²) in [4.78, 5) is 37.7. The summed E-state index contributed by atoms with van der Waals surface area (Å²) in [6.45, 7) is 0.479. The van der Waals surface area contributed by atoms with Crippen LogP contribution in [0.3, 0.4) is 0 Å². The van der Waals surface area contributed by atoms with Crippen LogP contribution in [0.5, 0.6) is 0 Å². The number of anilines is 1. The van der Waals surface area contributed by atoms with Gasteiger partial charge in [0.05, 0.1) is 21.3 Å². The van der Waals surface area contributed by atoms with E-state index in [9.17, 15) is 9.59 Å². The summed E-state index contributed by atoms with van der Waals surface area (Å²) in [5, 5.41) is 3.33. The van der Waals surface area contributed by atoms with Gasteiger partial charge >= 0.3 is 0 Å². The van der Waals surface area contributed by atoms with Crippen molar-refractivity contribution >= 4 is 51.6 Å². The number of hydrogen-bond donors (Lipinski definition) is 1. The molecule has 0 radical (unpaired) electrons. The number of amides is 1. The van der Waals surface area contributed by atoms with Gasteiger partial charge in [0.15, 0.2) is 0 Å². The highest BCUT2D eigenvalue weighted by Gasteiger charge is 2.23. The van der Waals surface area contributed by atoms with E-state index in [-0.39, 0.29) is 21.3 Å². The zero-order chi connectivity index (χ0) is 20.4. The van der Waals surface area contributed by atoms with Crippen LogP contribution in [0.25, 0.3) is 11.0 Å². The molecule has 0 atom stereocenters. The van der Waals surface area contributed by atoms with Gasteiger partial charge in [0.1, 0.15) is 5.65 Å². The highest BCUT2D eigenvalue weighted by Crippen LogP contribution is 2.29. The molecule has 4 aromatic rings. The molecule has 29 heavy (non-hydrogen) atoms. The molecule has 0 bridgehead atoms. The van der Waals surface area contributed by atoms with Gasteiger partial charge in [-0.2, -0.15) is 0 Å². The fraction of sp³-hybridized carbons (Fsp3) is 0.0500. The number of nitrogens with zero attached hydrogens (tertiary/aromatic N) is 4. The summed E-state index contributed by atoms with van der Waals surface area (Å²) in [6, 6.07) is 7.20. The highest BCUT2D eigenvalue weighted by molar-refractivity contribution is 6.50. The van der Waals surface area contributed by atoms with Crippen molar-refractivity contribution in [3.8, 4) is 0 Å². The maximum Gasteiger partial charge on any atom is 0.296 e. The number of pyridine rings is 3. The SMILES string of the molecule is O=C(Nc1c(Cl)cncc1Cl)C(=O)c1cn(Cc2ccncc2)c2ncccc12. The summed E-state index contributed by atoms with van der Waals surface area (Å²) in [6.07, 6.45) is 9.30. The number of fused-ring (bicyclic) bond motifs is 1. The topological polar surface area (TPSA) is 89.8 Å². The van der Waals surface area contributed by atoms with Gasteiger partial charge in [-0.25, -0.2) is 4.98 Å². The van der Waals surface area contributed by atoms with Gasteiger partial charge in [0.25, 0.3) is 11.7 Å². The third kappa shape index (κ3) is 3.83. The van der Waals surface area contributed by atoms with Crippen LogP contribution >= 0.6 is 23.2 Å².